The van der Waals surface area contributed by atoms with E-state index in [-0.39, 0.29) is 23.1 Å². The second kappa shape index (κ2) is 6.88. The van der Waals surface area contributed by atoms with E-state index in [4.69, 9.17) is 0 Å². The molecule has 2 aromatic carbocycles. The molecule has 1 N–H and O–H groups in total. The Kier molecular flexibility index (Phi) is 4.78. The summed E-state index contributed by atoms with van der Waals surface area (Å²) in [7, 11) is 0. The maximum atomic E-state index is 12.6. The first-order chi connectivity index (χ1) is 12.3. The molecule has 1 aliphatic heterocycles. The van der Waals surface area contributed by atoms with E-state index < -0.39 is 10.5 Å². The number of rotatable bonds is 5. The summed E-state index contributed by atoms with van der Waals surface area (Å²) in [4.78, 5) is 25.7. The number of ketones is 1. The van der Waals surface area contributed by atoms with Crippen molar-refractivity contribution < 1.29 is 14.8 Å². The fraction of sp³-hybridized carbons (Fsp3) is 0.350. The highest BCUT2D eigenvalue weighted by atomic mass is 16.6. The van der Waals surface area contributed by atoms with Crippen molar-refractivity contribution in [2.45, 2.75) is 38.3 Å². The quantitative estimate of drug-likeness (QED) is 0.504. The van der Waals surface area contributed by atoms with E-state index in [9.17, 15) is 20.0 Å². The van der Waals surface area contributed by atoms with Gasteiger partial charge in [-0.25, -0.2) is 0 Å². The average Bonchev–Trinajstić information content (AvgIpc) is 3.11. The van der Waals surface area contributed by atoms with Crippen molar-refractivity contribution in [3.05, 3.63) is 69.8 Å². The topological polar surface area (TPSA) is 83.7 Å². The third-order valence-corrected chi connectivity index (χ3v) is 4.85. The standard InChI is InChI=1S/C20H22N2O4/c1-20(2,24)18-9-6-12-21(18)16-11-10-15(13-17(16)22(25)26)19(23)14-7-4-3-5-8-14/h3-5,7-8,10-11,13,18,24H,6,9,12H2,1-2H3/t18-/m1/s1. The monoisotopic (exact) mass is 354 g/mol. The van der Waals surface area contributed by atoms with Crippen LogP contribution in [0.5, 0.6) is 0 Å². The third-order valence-electron chi connectivity index (χ3n) is 4.85. The summed E-state index contributed by atoms with van der Waals surface area (Å²) < 4.78 is 0. The van der Waals surface area contributed by atoms with Gasteiger partial charge in [0, 0.05) is 23.7 Å². The lowest BCUT2D eigenvalue weighted by molar-refractivity contribution is -0.384. The summed E-state index contributed by atoms with van der Waals surface area (Å²) in [5.41, 5.74) is 0.144. The van der Waals surface area contributed by atoms with Crippen molar-refractivity contribution in [1.82, 2.24) is 0 Å². The lowest BCUT2D eigenvalue weighted by Crippen LogP contribution is -2.46. The lowest BCUT2D eigenvalue weighted by Gasteiger charge is -2.35. The fourth-order valence-corrected chi connectivity index (χ4v) is 3.60. The van der Waals surface area contributed by atoms with Crippen LogP contribution in [0.1, 0.15) is 42.6 Å². The predicted molar refractivity (Wildman–Crippen MR) is 99.6 cm³/mol. The second-order valence-corrected chi connectivity index (χ2v) is 7.16. The Bertz CT molecular complexity index is 827. The minimum Gasteiger partial charge on any atom is -0.388 e. The van der Waals surface area contributed by atoms with E-state index in [1.807, 2.05) is 11.0 Å². The van der Waals surface area contributed by atoms with Crippen LogP contribution in [0.15, 0.2) is 48.5 Å². The summed E-state index contributed by atoms with van der Waals surface area (Å²) in [5.74, 6) is -0.249. The van der Waals surface area contributed by atoms with Crippen LogP contribution in [0.25, 0.3) is 0 Å². The minimum absolute atomic E-state index is 0.108. The van der Waals surface area contributed by atoms with E-state index in [0.29, 0.717) is 17.8 Å². The van der Waals surface area contributed by atoms with Crippen molar-refractivity contribution in [3.8, 4) is 0 Å². The molecule has 0 bridgehead atoms. The number of nitrogens with zero attached hydrogens (tertiary/aromatic N) is 2. The molecule has 0 saturated carbocycles. The van der Waals surface area contributed by atoms with Gasteiger partial charge in [0.15, 0.2) is 5.78 Å². The molecule has 136 valence electrons. The van der Waals surface area contributed by atoms with Crippen LogP contribution >= 0.6 is 0 Å². The molecule has 0 aromatic heterocycles. The Balaban J connectivity index is 2.01. The molecule has 6 nitrogen and oxygen atoms in total. The fourth-order valence-electron chi connectivity index (χ4n) is 3.60. The molecule has 1 fully saturated rings. The summed E-state index contributed by atoms with van der Waals surface area (Å²) >= 11 is 0. The molecule has 1 heterocycles. The van der Waals surface area contributed by atoms with Crippen LogP contribution in [0.4, 0.5) is 11.4 Å². The molecule has 1 atom stereocenters. The van der Waals surface area contributed by atoms with Gasteiger partial charge in [-0.3, -0.25) is 14.9 Å². The molecule has 3 rings (SSSR count). The van der Waals surface area contributed by atoms with Crippen LogP contribution in [0.2, 0.25) is 0 Å². The third kappa shape index (κ3) is 3.46. The van der Waals surface area contributed by atoms with Gasteiger partial charge in [0.05, 0.1) is 16.6 Å². The summed E-state index contributed by atoms with van der Waals surface area (Å²) in [6, 6.07) is 13.1. The number of aliphatic hydroxyl groups is 1. The van der Waals surface area contributed by atoms with Gasteiger partial charge in [-0.2, -0.15) is 0 Å². The number of hydrogen-bond acceptors (Lipinski definition) is 5. The summed E-state index contributed by atoms with van der Waals surface area (Å²) in [6.07, 6.45) is 1.63. The Morgan fingerprint density at radius 3 is 2.50 bits per heavy atom. The van der Waals surface area contributed by atoms with Gasteiger partial charge in [-0.15, -0.1) is 0 Å². The van der Waals surface area contributed by atoms with Gasteiger partial charge in [-0.05, 0) is 38.8 Å². The van der Waals surface area contributed by atoms with E-state index in [2.05, 4.69) is 0 Å². The van der Waals surface area contributed by atoms with Crippen molar-refractivity contribution in [2.24, 2.45) is 0 Å². The van der Waals surface area contributed by atoms with Gasteiger partial charge in [0.2, 0.25) is 0 Å². The predicted octanol–water partition coefficient (Wildman–Crippen LogP) is 3.57. The van der Waals surface area contributed by atoms with Crippen LogP contribution in [-0.2, 0) is 0 Å². The first kappa shape index (κ1) is 18.1. The zero-order valence-corrected chi connectivity index (χ0v) is 14.9. The Morgan fingerprint density at radius 2 is 1.88 bits per heavy atom. The smallest absolute Gasteiger partial charge is 0.293 e. The molecule has 1 saturated heterocycles. The molecular weight excluding hydrogens is 332 g/mol. The molecular formula is C20H22N2O4. The van der Waals surface area contributed by atoms with E-state index in [0.717, 1.165) is 12.8 Å². The highest BCUT2D eigenvalue weighted by Gasteiger charge is 2.38. The van der Waals surface area contributed by atoms with Crippen LogP contribution in [0, 0.1) is 10.1 Å². The normalized spacial score (nSPS) is 17.3. The van der Waals surface area contributed by atoms with Crippen molar-refractivity contribution in [2.75, 3.05) is 11.4 Å². The van der Waals surface area contributed by atoms with Gasteiger partial charge in [0.1, 0.15) is 5.69 Å². The molecule has 0 spiro atoms. The van der Waals surface area contributed by atoms with Crippen molar-refractivity contribution in [1.29, 1.82) is 0 Å². The van der Waals surface area contributed by atoms with Gasteiger partial charge in [0.25, 0.3) is 5.69 Å². The highest BCUT2D eigenvalue weighted by Crippen LogP contribution is 2.37. The number of carbonyl (C=O) groups is 1. The number of nitro groups is 1. The molecule has 2 aromatic rings. The van der Waals surface area contributed by atoms with Gasteiger partial charge in [-0.1, -0.05) is 30.3 Å². The Morgan fingerprint density at radius 1 is 1.19 bits per heavy atom. The van der Waals surface area contributed by atoms with Crippen molar-refractivity contribution >= 4 is 17.2 Å². The number of benzene rings is 2. The molecule has 6 heteroatoms. The number of nitro benzene ring substituents is 1. The lowest BCUT2D eigenvalue weighted by atomic mass is 9.95. The minimum atomic E-state index is -0.969. The van der Waals surface area contributed by atoms with Crippen molar-refractivity contribution in [3.63, 3.8) is 0 Å². The first-order valence-corrected chi connectivity index (χ1v) is 8.66. The largest absolute Gasteiger partial charge is 0.388 e. The zero-order chi connectivity index (χ0) is 18.9. The van der Waals surface area contributed by atoms with Crippen LogP contribution < -0.4 is 4.90 Å². The van der Waals surface area contributed by atoms with E-state index in [1.165, 1.54) is 6.07 Å². The van der Waals surface area contributed by atoms with Crippen LogP contribution in [-0.4, -0.2) is 34.0 Å². The summed E-state index contributed by atoms with van der Waals surface area (Å²) in [6.45, 7) is 4.08. The van der Waals surface area contributed by atoms with E-state index in [1.54, 1.807) is 50.2 Å². The first-order valence-electron chi connectivity index (χ1n) is 8.66. The average molecular weight is 354 g/mol. The van der Waals surface area contributed by atoms with Gasteiger partial charge >= 0.3 is 0 Å². The molecule has 1 aliphatic rings. The maximum Gasteiger partial charge on any atom is 0.293 e. The van der Waals surface area contributed by atoms with Crippen LogP contribution in [0.3, 0.4) is 0 Å². The number of hydrogen-bond donors (Lipinski definition) is 1. The summed E-state index contributed by atoms with van der Waals surface area (Å²) in [5, 5.41) is 22.1. The zero-order valence-electron chi connectivity index (χ0n) is 14.9. The second-order valence-electron chi connectivity index (χ2n) is 7.16. The van der Waals surface area contributed by atoms with E-state index >= 15 is 0 Å². The maximum absolute atomic E-state index is 12.6. The molecule has 0 unspecified atom stereocenters. The molecule has 0 aliphatic carbocycles. The SMILES string of the molecule is CC(C)(O)[C@H]1CCCN1c1ccc(C(=O)c2ccccc2)cc1[N+](=O)[O-]. The molecule has 26 heavy (non-hydrogen) atoms. The Hall–Kier alpha value is -2.73. The highest BCUT2D eigenvalue weighted by molar-refractivity contribution is 6.09. The molecule has 0 amide bonds. The number of anilines is 1. The van der Waals surface area contributed by atoms with Gasteiger partial charge < -0.3 is 10.0 Å². The number of carbonyl (C=O) groups excluding carboxylic acids is 1. The molecule has 0 radical (unpaired) electrons. The Labute approximate surface area is 152 Å².